The molecule has 1 aliphatic rings. The predicted molar refractivity (Wildman–Crippen MR) is 65.5 cm³/mol. The molecule has 1 aromatic carbocycles. The number of benzene rings is 1. The smallest absolute Gasteiger partial charge is 0.222 e. The van der Waals surface area contributed by atoms with Gasteiger partial charge in [-0.05, 0) is 19.1 Å². The molecule has 0 unspecified atom stereocenters. The van der Waals surface area contributed by atoms with Gasteiger partial charge in [-0.3, -0.25) is 4.79 Å². The van der Waals surface area contributed by atoms with Crippen molar-refractivity contribution in [2.75, 3.05) is 18.0 Å². The fraction of sp³-hybridized carbons (Fsp3) is 0.385. The van der Waals surface area contributed by atoms with E-state index >= 15 is 0 Å². The van der Waals surface area contributed by atoms with E-state index in [9.17, 15) is 9.18 Å². The van der Waals surface area contributed by atoms with Crippen molar-refractivity contribution >= 4 is 11.6 Å². The number of nitrogens with one attached hydrogen (secondary N) is 1. The van der Waals surface area contributed by atoms with Gasteiger partial charge < -0.3 is 10.2 Å². The fourth-order valence-corrected chi connectivity index (χ4v) is 2.21. The van der Waals surface area contributed by atoms with Gasteiger partial charge in [0.05, 0.1) is 5.69 Å². The first-order valence-electron chi connectivity index (χ1n) is 5.85. The zero-order valence-electron chi connectivity index (χ0n) is 10.1. The molecular weight excluding hydrogens is 233 g/mol. The summed E-state index contributed by atoms with van der Waals surface area (Å²) in [4.78, 5) is 13.3. The van der Waals surface area contributed by atoms with E-state index in [-0.39, 0.29) is 17.5 Å². The summed E-state index contributed by atoms with van der Waals surface area (Å²) < 4.78 is 13.6. The zero-order chi connectivity index (χ0) is 13.1. The van der Waals surface area contributed by atoms with Crippen LogP contribution in [0.4, 0.5) is 10.1 Å². The molecule has 0 saturated carbocycles. The fourth-order valence-electron chi connectivity index (χ4n) is 2.21. The quantitative estimate of drug-likeness (QED) is 0.816. The highest BCUT2D eigenvalue weighted by atomic mass is 19.1. The van der Waals surface area contributed by atoms with Gasteiger partial charge in [0.1, 0.15) is 17.4 Å². The van der Waals surface area contributed by atoms with Gasteiger partial charge in [-0.1, -0.05) is 6.07 Å². The van der Waals surface area contributed by atoms with Gasteiger partial charge in [0.2, 0.25) is 5.91 Å². The van der Waals surface area contributed by atoms with Gasteiger partial charge in [-0.25, -0.2) is 4.39 Å². The van der Waals surface area contributed by atoms with Crippen molar-refractivity contribution < 1.29 is 9.18 Å². The van der Waals surface area contributed by atoms with Gasteiger partial charge >= 0.3 is 0 Å². The third-order valence-corrected chi connectivity index (χ3v) is 3.10. The molecule has 1 amide bonds. The van der Waals surface area contributed by atoms with Crippen LogP contribution in [0.25, 0.3) is 0 Å². The molecular formula is C13H14FN3O. The second-order valence-corrected chi connectivity index (χ2v) is 4.34. The Morgan fingerprint density at radius 2 is 2.33 bits per heavy atom. The maximum absolute atomic E-state index is 13.6. The molecule has 0 radical (unpaired) electrons. The number of nitrogens with zero attached hydrogens (tertiary/aromatic N) is 2. The SMILES string of the molecule is C[C@@H]1CC(=O)NCCN1c1cccc(F)c1C#N. The Morgan fingerprint density at radius 3 is 3.06 bits per heavy atom. The lowest BCUT2D eigenvalue weighted by atomic mass is 10.1. The van der Waals surface area contributed by atoms with Crippen LogP contribution in [0, 0.1) is 17.1 Å². The Balaban J connectivity index is 2.39. The number of carbonyl (C=O) groups is 1. The number of hydrogen-bond donors (Lipinski definition) is 1. The Morgan fingerprint density at radius 1 is 1.56 bits per heavy atom. The van der Waals surface area contributed by atoms with E-state index < -0.39 is 5.82 Å². The number of nitriles is 1. The summed E-state index contributed by atoms with van der Waals surface area (Å²) in [5.41, 5.74) is 0.597. The lowest BCUT2D eigenvalue weighted by Crippen LogP contribution is -2.35. The van der Waals surface area contributed by atoms with Crippen LogP contribution in [0.2, 0.25) is 0 Å². The normalized spacial score (nSPS) is 19.9. The van der Waals surface area contributed by atoms with E-state index in [0.717, 1.165) is 0 Å². The molecule has 5 heteroatoms. The van der Waals surface area contributed by atoms with Crippen molar-refractivity contribution in [2.45, 2.75) is 19.4 Å². The molecule has 1 aromatic rings. The molecule has 94 valence electrons. The lowest BCUT2D eigenvalue weighted by molar-refractivity contribution is -0.120. The van der Waals surface area contributed by atoms with Crippen LogP contribution in [-0.2, 0) is 4.79 Å². The van der Waals surface area contributed by atoms with Crippen LogP contribution in [0.5, 0.6) is 0 Å². The highest BCUT2D eigenvalue weighted by Gasteiger charge is 2.24. The van der Waals surface area contributed by atoms with Crippen LogP contribution in [-0.4, -0.2) is 25.0 Å². The molecule has 0 aliphatic carbocycles. The minimum absolute atomic E-state index is 0.0140. The first kappa shape index (κ1) is 12.4. The Hall–Kier alpha value is -2.09. The number of anilines is 1. The van der Waals surface area contributed by atoms with Crippen molar-refractivity contribution in [2.24, 2.45) is 0 Å². The van der Waals surface area contributed by atoms with Crippen LogP contribution in [0.15, 0.2) is 18.2 Å². The second kappa shape index (κ2) is 5.05. The third kappa shape index (κ3) is 2.28. The van der Waals surface area contributed by atoms with Gasteiger partial charge in [0.15, 0.2) is 0 Å². The average Bonchev–Trinajstić information content (AvgIpc) is 2.49. The Kier molecular flexibility index (Phi) is 3.47. The first-order chi connectivity index (χ1) is 8.63. The minimum Gasteiger partial charge on any atom is -0.365 e. The third-order valence-electron chi connectivity index (χ3n) is 3.10. The highest BCUT2D eigenvalue weighted by molar-refractivity contribution is 5.78. The number of halogens is 1. The van der Waals surface area contributed by atoms with Crippen molar-refractivity contribution in [1.29, 1.82) is 5.26 Å². The molecule has 1 saturated heterocycles. The Bertz CT molecular complexity index is 509. The van der Waals surface area contributed by atoms with Crippen LogP contribution >= 0.6 is 0 Å². The molecule has 0 bridgehead atoms. The van der Waals surface area contributed by atoms with Crippen LogP contribution < -0.4 is 10.2 Å². The van der Waals surface area contributed by atoms with E-state index in [2.05, 4.69) is 5.32 Å². The van der Waals surface area contributed by atoms with E-state index in [4.69, 9.17) is 5.26 Å². The van der Waals surface area contributed by atoms with Crippen LogP contribution in [0.3, 0.4) is 0 Å². The average molecular weight is 247 g/mol. The molecule has 0 spiro atoms. The topological polar surface area (TPSA) is 56.1 Å². The summed E-state index contributed by atoms with van der Waals surface area (Å²) in [6.07, 6.45) is 0.349. The number of carbonyl (C=O) groups excluding carboxylic acids is 1. The Labute approximate surface area is 105 Å². The second-order valence-electron chi connectivity index (χ2n) is 4.34. The number of hydrogen-bond acceptors (Lipinski definition) is 3. The molecule has 1 N–H and O–H groups in total. The standard InChI is InChI=1S/C13H14FN3O/c1-9-7-13(18)16-5-6-17(9)12-4-2-3-11(14)10(12)8-15/h2-4,9H,5-7H2,1H3,(H,16,18)/t9-/m1/s1. The van der Waals surface area contributed by atoms with E-state index in [1.165, 1.54) is 6.07 Å². The van der Waals surface area contributed by atoms with Crippen molar-refractivity contribution in [3.8, 4) is 6.07 Å². The van der Waals surface area contributed by atoms with Gasteiger partial charge in [-0.2, -0.15) is 5.26 Å². The summed E-state index contributed by atoms with van der Waals surface area (Å²) >= 11 is 0. The summed E-state index contributed by atoms with van der Waals surface area (Å²) in [7, 11) is 0. The lowest BCUT2D eigenvalue weighted by Gasteiger charge is -2.29. The molecule has 1 heterocycles. The molecule has 1 aliphatic heterocycles. The maximum Gasteiger partial charge on any atom is 0.222 e. The number of rotatable bonds is 1. The summed E-state index contributed by atoms with van der Waals surface area (Å²) in [5, 5.41) is 11.8. The summed E-state index contributed by atoms with van der Waals surface area (Å²) in [6.45, 7) is 2.98. The minimum atomic E-state index is -0.522. The molecule has 0 aromatic heterocycles. The van der Waals surface area contributed by atoms with E-state index in [0.29, 0.717) is 25.2 Å². The maximum atomic E-state index is 13.6. The van der Waals surface area contributed by atoms with Gasteiger partial charge in [0.25, 0.3) is 0 Å². The number of amides is 1. The van der Waals surface area contributed by atoms with Crippen molar-refractivity contribution in [1.82, 2.24) is 5.32 Å². The van der Waals surface area contributed by atoms with Crippen LogP contribution in [0.1, 0.15) is 18.9 Å². The van der Waals surface area contributed by atoms with Crippen molar-refractivity contribution in [3.63, 3.8) is 0 Å². The van der Waals surface area contributed by atoms with E-state index in [1.807, 2.05) is 17.9 Å². The molecule has 2 rings (SSSR count). The summed E-state index contributed by atoms with van der Waals surface area (Å²) in [6, 6.07) is 6.41. The first-order valence-corrected chi connectivity index (χ1v) is 5.85. The largest absolute Gasteiger partial charge is 0.365 e. The van der Waals surface area contributed by atoms with Gasteiger partial charge in [0, 0.05) is 25.6 Å². The molecule has 4 nitrogen and oxygen atoms in total. The van der Waals surface area contributed by atoms with Crippen molar-refractivity contribution in [3.05, 3.63) is 29.6 Å². The molecule has 1 fully saturated rings. The highest BCUT2D eigenvalue weighted by Crippen LogP contribution is 2.25. The molecule has 18 heavy (non-hydrogen) atoms. The van der Waals surface area contributed by atoms with Gasteiger partial charge in [-0.15, -0.1) is 0 Å². The monoisotopic (exact) mass is 247 g/mol. The molecule has 1 atom stereocenters. The predicted octanol–water partition coefficient (Wildman–Crippen LogP) is 1.41. The van der Waals surface area contributed by atoms with E-state index in [1.54, 1.807) is 12.1 Å². The summed E-state index contributed by atoms with van der Waals surface area (Å²) in [5.74, 6) is -0.536. The zero-order valence-corrected chi connectivity index (χ0v) is 10.1.